The Morgan fingerprint density at radius 1 is 0.493 bits per heavy atom. The quantitative estimate of drug-likeness (QED) is 0.170. The normalized spacial score (nSPS) is 15.1. The van der Waals surface area contributed by atoms with Gasteiger partial charge in [-0.2, -0.15) is 0 Å². The van der Waals surface area contributed by atoms with E-state index in [2.05, 4.69) is 242 Å². The molecule has 14 rings (SSSR count). The third-order valence-electron chi connectivity index (χ3n) is 14.5. The van der Waals surface area contributed by atoms with Gasteiger partial charge in [-0.25, -0.2) is 0 Å². The highest BCUT2D eigenvalue weighted by Gasteiger charge is 2.48. The van der Waals surface area contributed by atoms with E-state index in [4.69, 9.17) is 0 Å². The van der Waals surface area contributed by atoms with Crippen LogP contribution in [0.2, 0.25) is 0 Å². The molecule has 2 nitrogen and oxygen atoms in total. The van der Waals surface area contributed by atoms with Crippen LogP contribution in [0, 0.1) is 6.92 Å². The topological polar surface area (TPSA) is 8.17 Å². The first-order valence-corrected chi connectivity index (χ1v) is 24.7. The average molecular weight is 891 g/mol. The number of aryl methyl sites for hydroxylation is 1. The summed E-state index contributed by atoms with van der Waals surface area (Å²) in [5, 5.41) is 8.83. The summed E-state index contributed by atoms with van der Waals surface area (Å²) in [5.41, 5.74) is 15.5. The Bertz CT molecular complexity index is 4060. The summed E-state index contributed by atoms with van der Waals surface area (Å²) in [4.78, 5) is 6.41. The van der Waals surface area contributed by atoms with Crippen molar-refractivity contribution >= 4 is 94.0 Å². The molecule has 10 aromatic carbocycles. The first-order chi connectivity index (χ1) is 33.1. The largest absolute Gasteiger partial charge is 0.314 e. The molecule has 0 bridgehead atoms. The second kappa shape index (κ2) is 14.7. The fourth-order valence-electron chi connectivity index (χ4n) is 11.8. The zero-order valence-corrected chi connectivity index (χ0v) is 38.6. The van der Waals surface area contributed by atoms with E-state index in [-0.39, 0.29) is 0 Å². The van der Waals surface area contributed by atoms with Crippen LogP contribution >= 0.6 is 23.1 Å². The minimum absolute atomic E-state index is 0.564. The average Bonchev–Trinajstić information content (AvgIpc) is 3.87. The predicted octanol–water partition coefficient (Wildman–Crippen LogP) is 17.6. The maximum Gasteiger partial charge on any atom is 0.0736 e. The Kier molecular flexibility index (Phi) is 8.47. The SMILES string of the molecule is C/C(=C\c1c(C)sc2ccccc12)N(c1ccc2c(c1)C1(c3ccccc3S2)c2ccccc2-c2cccc3cccc1c23)c1ccc2c3ccccc3n(-c3cccc4ccccc34)c2c1. The van der Waals surface area contributed by atoms with Gasteiger partial charge in [-0.1, -0.05) is 169 Å². The van der Waals surface area contributed by atoms with E-state index in [1.165, 1.54) is 113 Å². The van der Waals surface area contributed by atoms with Crippen LogP contribution in [-0.4, -0.2) is 4.57 Å². The van der Waals surface area contributed by atoms with Gasteiger partial charge < -0.3 is 9.47 Å². The molecule has 1 aliphatic heterocycles. The lowest BCUT2D eigenvalue weighted by molar-refractivity contribution is 0.707. The Balaban J connectivity index is 1.07. The fourth-order valence-corrected chi connectivity index (χ4v) is 14.0. The smallest absolute Gasteiger partial charge is 0.0736 e. The highest BCUT2D eigenvalue weighted by molar-refractivity contribution is 7.99. The molecule has 0 saturated carbocycles. The van der Waals surface area contributed by atoms with Crippen molar-refractivity contribution in [3.05, 3.63) is 251 Å². The first-order valence-electron chi connectivity index (χ1n) is 23.1. The number of thiophene rings is 1. The van der Waals surface area contributed by atoms with Gasteiger partial charge in [-0.05, 0) is 130 Å². The molecule has 1 spiro atoms. The van der Waals surface area contributed by atoms with Gasteiger partial charge in [0, 0.05) is 58.0 Å². The van der Waals surface area contributed by atoms with Gasteiger partial charge >= 0.3 is 0 Å². The Hall–Kier alpha value is -7.63. The van der Waals surface area contributed by atoms with Gasteiger partial charge in [0.05, 0.1) is 22.1 Å². The molecule has 4 heteroatoms. The fraction of sp³-hybridized carbons (Fsp3) is 0.0476. The third-order valence-corrected chi connectivity index (χ3v) is 16.8. The Morgan fingerprint density at radius 3 is 2.03 bits per heavy atom. The van der Waals surface area contributed by atoms with Crippen LogP contribution in [0.1, 0.15) is 39.6 Å². The van der Waals surface area contributed by atoms with Gasteiger partial charge in [-0.15, -0.1) is 11.3 Å². The Labute approximate surface area is 397 Å². The molecule has 1 atom stereocenters. The first kappa shape index (κ1) is 38.6. The summed E-state index contributed by atoms with van der Waals surface area (Å²) in [6.45, 7) is 4.56. The van der Waals surface area contributed by atoms with Gasteiger partial charge in [0.15, 0.2) is 0 Å². The highest BCUT2D eigenvalue weighted by Crippen LogP contribution is 2.62. The van der Waals surface area contributed by atoms with Crippen molar-refractivity contribution in [3.8, 4) is 16.8 Å². The summed E-state index contributed by atoms with van der Waals surface area (Å²) >= 11 is 3.77. The van der Waals surface area contributed by atoms with Crippen LogP contribution in [0.3, 0.4) is 0 Å². The molecule has 0 N–H and O–H groups in total. The number of aromatic nitrogens is 1. The number of fused-ring (bicyclic) bond motifs is 13. The zero-order chi connectivity index (χ0) is 44.4. The van der Waals surface area contributed by atoms with Crippen molar-refractivity contribution in [2.45, 2.75) is 29.1 Å². The molecular formula is C63H42N2S2. The molecule has 2 aliphatic rings. The lowest BCUT2D eigenvalue weighted by atomic mass is 9.59. The van der Waals surface area contributed by atoms with E-state index in [1.807, 2.05) is 23.1 Å². The highest BCUT2D eigenvalue weighted by atomic mass is 32.2. The molecule has 67 heavy (non-hydrogen) atoms. The number of hydrogen-bond acceptors (Lipinski definition) is 3. The van der Waals surface area contributed by atoms with Crippen molar-refractivity contribution in [1.82, 2.24) is 4.57 Å². The second-order valence-corrected chi connectivity index (χ2v) is 20.4. The van der Waals surface area contributed by atoms with Crippen LogP contribution in [0.15, 0.2) is 228 Å². The number of nitrogens with zero attached hydrogens (tertiary/aromatic N) is 2. The van der Waals surface area contributed by atoms with Crippen molar-refractivity contribution in [2.24, 2.45) is 0 Å². The van der Waals surface area contributed by atoms with E-state index < -0.39 is 5.41 Å². The molecule has 1 unspecified atom stereocenters. The summed E-state index contributed by atoms with van der Waals surface area (Å²) in [7, 11) is 0. The van der Waals surface area contributed by atoms with E-state index >= 15 is 0 Å². The van der Waals surface area contributed by atoms with Gasteiger partial charge in [0.2, 0.25) is 0 Å². The van der Waals surface area contributed by atoms with Crippen molar-refractivity contribution < 1.29 is 0 Å². The molecule has 2 aromatic heterocycles. The number of anilines is 2. The molecule has 0 fully saturated rings. The van der Waals surface area contributed by atoms with E-state index in [9.17, 15) is 0 Å². The molecule has 0 amide bonds. The zero-order valence-electron chi connectivity index (χ0n) is 37.0. The summed E-state index contributed by atoms with van der Waals surface area (Å²) < 4.78 is 3.79. The molecular weight excluding hydrogens is 849 g/mol. The molecule has 1 aliphatic carbocycles. The lowest BCUT2D eigenvalue weighted by Crippen LogP contribution is -2.36. The van der Waals surface area contributed by atoms with Gasteiger partial charge in [-0.3, -0.25) is 0 Å². The van der Waals surface area contributed by atoms with Crippen LogP contribution in [0.25, 0.3) is 76.3 Å². The van der Waals surface area contributed by atoms with E-state index in [0.717, 1.165) is 17.1 Å². The number of hydrogen-bond donors (Lipinski definition) is 0. The van der Waals surface area contributed by atoms with E-state index in [0.29, 0.717) is 0 Å². The molecule has 0 radical (unpaired) electrons. The minimum Gasteiger partial charge on any atom is -0.314 e. The van der Waals surface area contributed by atoms with Crippen molar-refractivity contribution in [3.63, 3.8) is 0 Å². The second-order valence-electron chi connectivity index (χ2n) is 18.0. The lowest BCUT2D eigenvalue weighted by Gasteiger charge is -2.46. The standard InChI is InChI=1S/C63H42N2S2/c1-39(36-51-40(2)66-59-30-11-7-23-49(51)59)64(44-32-34-48-47-22-6-10-28-57(47)65(58(48)38-44)56-29-15-17-41-16-3-4-20-45(41)56)43-33-35-61-55(37-43)63(53-26-9-12-31-60(53)67-61)52-25-8-5-21-46(52)50-24-13-18-42-19-14-27-54(63)62(42)50/h3-38H,1-2H3/b39-36+. The third kappa shape index (κ3) is 5.52. The maximum absolute atomic E-state index is 2.53. The number of rotatable bonds is 5. The molecule has 3 heterocycles. The van der Waals surface area contributed by atoms with Crippen LogP contribution in [-0.2, 0) is 5.41 Å². The van der Waals surface area contributed by atoms with Crippen LogP contribution < -0.4 is 4.90 Å². The number of para-hydroxylation sites is 1. The summed E-state index contributed by atoms with van der Waals surface area (Å²) in [6, 6.07) is 79.6. The van der Waals surface area contributed by atoms with Crippen LogP contribution in [0.4, 0.5) is 11.4 Å². The van der Waals surface area contributed by atoms with Gasteiger partial charge in [0.25, 0.3) is 0 Å². The molecule has 12 aromatic rings. The van der Waals surface area contributed by atoms with Gasteiger partial charge in [0.1, 0.15) is 0 Å². The van der Waals surface area contributed by atoms with E-state index in [1.54, 1.807) is 0 Å². The maximum atomic E-state index is 2.53. The number of benzene rings is 10. The summed E-state index contributed by atoms with van der Waals surface area (Å²) in [5.74, 6) is 0. The Morgan fingerprint density at radius 2 is 1.12 bits per heavy atom. The molecule has 0 saturated heterocycles. The minimum atomic E-state index is -0.564. The summed E-state index contributed by atoms with van der Waals surface area (Å²) in [6.07, 6.45) is 2.42. The van der Waals surface area contributed by atoms with Crippen molar-refractivity contribution in [2.75, 3.05) is 4.90 Å². The number of allylic oxidation sites excluding steroid dienone is 1. The van der Waals surface area contributed by atoms with Crippen LogP contribution in [0.5, 0.6) is 0 Å². The van der Waals surface area contributed by atoms with Crippen molar-refractivity contribution in [1.29, 1.82) is 0 Å². The molecule has 316 valence electrons. The monoisotopic (exact) mass is 890 g/mol. The predicted molar refractivity (Wildman–Crippen MR) is 286 cm³/mol.